The second-order valence-corrected chi connectivity index (χ2v) is 11.0. The Morgan fingerprint density at radius 3 is 1.40 bits per heavy atom. The van der Waals surface area contributed by atoms with E-state index in [1.165, 1.54) is 39.0 Å². The van der Waals surface area contributed by atoms with E-state index in [1.54, 1.807) is 0 Å². The molecule has 7 rings (SSSR count). The van der Waals surface area contributed by atoms with Crippen LogP contribution in [0.3, 0.4) is 0 Å². The maximum atomic E-state index is 2.32. The highest BCUT2D eigenvalue weighted by atomic mass is 15.1. The molecule has 7 aromatic rings. The van der Waals surface area contributed by atoms with Crippen molar-refractivity contribution < 1.29 is 0 Å². The van der Waals surface area contributed by atoms with Crippen molar-refractivity contribution in [3.8, 4) is 22.3 Å². The Bertz CT molecular complexity index is 1970. The van der Waals surface area contributed by atoms with Crippen molar-refractivity contribution >= 4 is 28.7 Å². The van der Waals surface area contributed by atoms with Crippen molar-refractivity contribution in [3.63, 3.8) is 0 Å². The first-order valence-corrected chi connectivity index (χ1v) is 15.4. The van der Waals surface area contributed by atoms with Crippen LogP contribution in [0.2, 0.25) is 0 Å². The van der Waals surface area contributed by atoms with Gasteiger partial charge < -0.3 is 4.90 Å². The van der Waals surface area contributed by atoms with Crippen molar-refractivity contribution in [1.29, 1.82) is 0 Å². The van der Waals surface area contributed by atoms with Crippen molar-refractivity contribution in [1.82, 2.24) is 0 Å². The minimum absolute atomic E-state index is 1.12. The van der Waals surface area contributed by atoms with Gasteiger partial charge in [0, 0.05) is 17.1 Å². The summed E-state index contributed by atoms with van der Waals surface area (Å²) in [4.78, 5) is 2.29. The fraction of sp³-hybridized carbons (Fsp3) is 0. The first-order valence-electron chi connectivity index (χ1n) is 15.4. The standard InChI is InChI=1S/C44H33N/c1-5-16-35(17-6-1)42-26-13-14-27-43(42)37-20-15-21-38(33-37)44(36-18-7-2-8-19-36)32-34-28-30-41(31-29-34)45(39-22-9-3-10-23-39)40-24-11-4-12-25-40/h1-33H. The Hall–Kier alpha value is -5.92. The molecule has 0 spiro atoms. The predicted molar refractivity (Wildman–Crippen MR) is 192 cm³/mol. The smallest absolute Gasteiger partial charge is 0.0462 e. The van der Waals surface area contributed by atoms with Crippen LogP contribution >= 0.6 is 0 Å². The number of nitrogens with zero attached hydrogens (tertiary/aromatic N) is 1. The number of hydrogen-bond acceptors (Lipinski definition) is 1. The molecule has 0 N–H and O–H groups in total. The maximum Gasteiger partial charge on any atom is 0.0462 e. The van der Waals surface area contributed by atoms with E-state index in [-0.39, 0.29) is 0 Å². The lowest BCUT2D eigenvalue weighted by Gasteiger charge is -2.25. The molecule has 0 fully saturated rings. The fourth-order valence-corrected chi connectivity index (χ4v) is 5.90. The van der Waals surface area contributed by atoms with E-state index in [2.05, 4.69) is 205 Å². The van der Waals surface area contributed by atoms with Crippen molar-refractivity contribution in [2.45, 2.75) is 0 Å². The molecule has 0 saturated carbocycles. The van der Waals surface area contributed by atoms with Crippen LogP contribution < -0.4 is 4.90 Å². The van der Waals surface area contributed by atoms with Gasteiger partial charge in [-0.15, -0.1) is 0 Å². The molecular formula is C44H33N. The van der Waals surface area contributed by atoms with E-state index in [0.29, 0.717) is 0 Å². The number of benzene rings is 7. The first-order chi connectivity index (χ1) is 22.3. The molecule has 0 saturated heterocycles. The summed E-state index contributed by atoms with van der Waals surface area (Å²) in [6, 6.07) is 68.8. The molecule has 0 heterocycles. The zero-order valence-electron chi connectivity index (χ0n) is 25.0. The summed E-state index contributed by atoms with van der Waals surface area (Å²) in [6.07, 6.45) is 2.30. The number of hydrogen-bond donors (Lipinski definition) is 0. The van der Waals surface area contributed by atoms with Crippen LogP contribution in [0, 0.1) is 0 Å². The average Bonchev–Trinajstić information content (AvgIpc) is 3.13. The van der Waals surface area contributed by atoms with Crippen LogP contribution in [-0.2, 0) is 0 Å². The minimum Gasteiger partial charge on any atom is -0.311 e. The summed E-state index contributed by atoms with van der Waals surface area (Å²) in [5.41, 5.74) is 13.0. The number of para-hydroxylation sites is 2. The fourth-order valence-electron chi connectivity index (χ4n) is 5.90. The van der Waals surface area contributed by atoms with E-state index in [4.69, 9.17) is 0 Å². The molecule has 0 aromatic heterocycles. The van der Waals surface area contributed by atoms with Gasteiger partial charge in [0.25, 0.3) is 0 Å². The molecule has 0 aliphatic rings. The molecular weight excluding hydrogens is 542 g/mol. The summed E-state index contributed by atoms with van der Waals surface area (Å²) in [5.74, 6) is 0. The van der Waals surface area contributed by atoms with Gasteiger partial charge in [0.15, 0.2) is 0 Å². The second-order valence-electron chi connectivity index (χ2n) is 11.0. The van der Waals surface area contributed by atoms with Crippen LogP contribution in [0.15, 0.2) is 194 Å². The second kappa shape index (κ2) is 13.2. The Kier molecular flexibility index (Phi) is 8.15. The largest absolute Gasteiger partial charge is 0.311 e. The summed E-state index contributed by atoms with van der Waals surface area (Å²) >= 11 is 0. The Morgan fingerprint density at radius 1 is 0.356 bits per heavy atom. The Labute approximate surface area is 266 Å². The molecule has 7 aromatic carbocycles. The highest BCUT2D eigenvalue weighted by Gasteiger charge is 2.13. The SMILES string of the molecule is C(=C(c1ccccc1)c1cccc(-c2ccccc2-c2ccccc2)c1)c1ccc(N(c2ccccc2)c2ccccc2)cc1. The molecule has 0 aliphatic heterocycles. The molecule has 0 bridgehead atoms. The van der Waals surface area contributed by atoms with Gasteiger partial charge in [-0.05, 0) is 93.1 Å². The molecule has 0 atom stereocenters. The lowest BCUT2D eigenvalue weighted by molar-refractivity contribution is 1.28. The predicted octanol–water partition coefficient (Wildman–Crippen LogP) is 12.1. The monoisotopic (exact) mass is 575 g/mol. The minimum atomic E-state index is 1.12. The third-order valence-electron chi connectivity index (χ3n) is 8.07. The summed E-state index contributed by atoms with van der Waals surface area (Å²) in [6.45, 7) is 0. The number of anilines is 3. The van der Waals surface area contributed by atoms with E-state index in [9.17, 15) is 0 Å². The average molecular weight is 576 g/mol. The van der Waals surface area contributed by atoms with Crippen LogP contribution in [0.1, 0.15) is 16.7 Å². The molecule has 0 amide bonds. The van der Waals surface area contributed by atoms with Gasteiger partial charge in [0.1, 0.15) is 0 Å². The molecule has 45 heavy (non-hydrogen) atoms. The third kappa shape index (κ3) is 6.25. The van der Waals surface area contributed by atoms with Gasteiger partial charge in [-0.25, -0.2) is 0 Å². The summed E-state index contributed by atoms with van der Waals surface area (Å²) in [7, 11) is 0. The van der Waals surface area contributed by atoms with E-state index < -0.39 is 0 Å². The highest BCUT2D eigenvalue weighted by molar-refractivity contribution is 5.94. The van der Waals surface area contributed by atoms with Crippen LogP contribution in [0.25, 0.3) is 33.9 Å². The quantitative estimate of drug-likeness (QED) is 0.163. The van der Waals surface area contributed by atoms with Gasteiger partial charge in [-0.3, -0.25) is 0 Å². The lowest BCUT2D eigenvalue weighted by atomic mass is 9.90. The third-order valence-corrected chi connectivity index (χ3v) is 8.07. The van der Waals surface area contributed by atoms with E-state index in [0.717, 1.165) is 22.6 Å². The lowest BCUT2D eigenvalue weighted by Crippen LogP contribution is -2.09. The topological polar surface area (TPSA) is 3.24 Å². The zero-order chi connectivity index (χ0) is 30.3. The van der Waals surface area contributed by atoms with Gasteiger partial charge in [0.2, 0.25) is 0 Å². The zero-order valence-corrected chi connectivity index (χ0v) is 25.0. The van der Waals surface area contributed by atoms with Crippen LogP contribution in [0.5, 0.6) is 0 Å². The van der Waals surface area contributed by atoms with Gasteiger partial charge in [-0.1, -0.05) is 152 Å². The molecule has 1 heteroatoms. The molecule has 0 radical (unpaired) electrons. The maximum absolute atomic E-state index is 2.32. The summed E-state index contributed by atoms with van der Waals surface area (Å²) in [5, 5.41) is 0. The van der Waals surface area contributed by atoms with Crippen molar-refractivity contribution in [3.05, 3.63) is 211 Å². The molecule has 0 unspecified atom stereocenters. The summed E-state index contributed by atoms with van der Waals surface area (Å²) < 4.78 is 0. The number of rotatable bonds is 8. The first kappa shape index (κ1) is 27.9. The Morgan fingerprint density at radius 2 is 0.800 bits per heavy atom. The van der Waals surface area contributed by atoms with Crippen LogP contribution in [0.4, 0.5) is 17.1 Å². The normalized spacial score (nSPS) is 11.2. The molecule has 0 aliphatic carbocycles. The van der Waals surface area contributed by atoms with Gasteiger partial charge in [0.05, 0.1) is 0 Å². The van der Waals surface area contributed by atoms with Crippen LogP contribution in [-0.4, -0.2) is 0 Å². The van der Waals surface area contributed by atoms with E-state index >= 15 is 0 Å². The molecule has 214 valence electrons. The van der Waals surface area contributed by atoms with Gasteiger partial charge >= 0.3 is 0 Å². The highest BCUT2D eigenvalue weighted by Crippen LogP contribution is 2.37. The Balaban J connectivity index is 1.29. The van der Waals surface area contributed by atoms with Crippen molar-refractivity contribution in [2.24, 2.45) is 0 Å². The molecule has 1 nitrogen and oxygen atoms in total. The van der Waals surface area contributed by atoms with E-state index in [1.807, 2.05) is 0 Å². The van der Waals surface area contributed by atoms with Gasteiger partial charge in [-0.2, -0.15) is 0 Å². The van der Waals surface area contributed by atoms with Crippen molar-refractivity contribution in [2.75, 3.05) is 4.90 Å².